The van der Waals surface area contributed by atoms with Crippen molar-refractivity contribution in [1.82, 2.24) is 24.7 Å². The second-order valence-corrected chi connectivity index (χ2v) is 13.8. The number of morpholine rings is 1. The lowest BCUT2D eigenvalue weighted by Gasteiger charge is -2.54. The summed E-state index contributed by atoms with van der Waals surface area (Å²) < 4.78 is 63.1. The third kappa shape index (κ3) is 5.12. The zero-order chi connectivity index (χ0) is 34.4. The van der Waals surface area contributed by atoms with E-state index in [2.05, 4.69) is 26.9 Å². The number of anilines is 2. The molecule has 50 heavy (non-hydrogen) atoms. The van der Waals surface area contributed by atoms with Crippen LogP contribution in [-0.4, -0.2) is 79.3 Å². The first kappa shape index (κ1) is 31.1. The standard InChI is InChI=1S/C35H34F3N7O5/c1-19-34(9-4-10-34)48-12-11-43(19)25-13-20(21-16-40-45(17-21)22-7-8-22)15-39-31(25)49-23-14-26(32(46)47)44(18-23)30-29-28(41-33(42-30)35(36,37)38)24-5-2-3-6-27(24)50-29/h2-3,5-6,13,15-17,19,22-23,26H,4,7-12,14,18H2,1H3,(H,46,47)/t19-,23-,26-/m0/s1. The number of aliphatic carboxylic acids is 1. The van der Waals surface area contributed by atoms with Gasteiger partial charge in [-0.25, -0.2) is 19.7 Å². The summed E-state index contributed by atoms with van der Waals surface area (Å²) in [6.07, 6.45) is 5.13. The maximum Gasteiger partial charge on any atom is 0.451 e. The molecule has 9 rings (SSSR count). The third-order valence-corrected chi connectivity index (χ3v) is 10.7. The minimum absolute atomic E-state index is 0.0195. The normalized spacial score (nSPS) is 23.6. The first-order chi connectivity index (χ1) is 24.1. The number of benzene rings is 1. The van der Waals surface area contributed by atoms with Crippen LogP contribution in [0.25, 0.3) is 33.2 Å². The summed E-state index contributed by atoms with van der Waals surface area (Å²) in [5.74, 6) is -2.54. The Kier molecular flexibility index (Phi) is 7.03. The SMILES string of the molecule is C[C@@H]1N(c2cc(-c3cnn(C4CC4)c3)cnc2O[C@H]2C[C@@H](C(=O)O)N(c3nc(C(F)(F)F)nc4c3oc3ccccc34)C2)CCOC12CCC2. The highest BCUT2D eigenvalue weighted by Gasteiger charge is 2.49. The maximum atomic E-state index is 14.1. The number of carbonyl (C=O) groups is 1. The van der Waals surface area contributed by atoms with Crippen molar-refractivity contribution in [2.75, 3.05) is 29.5 Å². The van der Waals surface area contributed by atoms with E-state index < -0.39 is 30.1 Å². The molecular weight excluding hydrogens is 655 g/mol. The summed E-state index contributed by atoms with van der Waals surface area (Å²) in [6.45, 7) is 3.21. The Morgan fingerprint density at radius 2 is 1.92 bits per heavy atom. The van der Waals surface area contributed by atoms with Gasteiger partial charge in [0, 0.05) is 41.9 Å². The molecule has 15 heteroatoms. The van der Waals surface area contributed by atoms with Gasteiger partial charge in [0.25, 0.3) is 0 Å². The van der Waals surface area contributed by atoms with E-state index in [1.54, 1.807) is 30.5 Å². The van der Waals surface area contributed by atoms with Crippen LogP contribution in [0.1, 0.15) is 57.3 Å². The highest BCUT2D eigenvalue weighted by atomic mass is 19.4. The number of rotatable bonds is 7. The molecule has 5 aromatic rings. The Balaban J connectivity index is 1.09. The second kappa shape index (κ2) is 11.3. The Labute approximate surface area is 283 Å². The van der Waals surface area contributed by atoms with Gasteiger partial charge in [-0.15, -0.1) is 0 Å². The van der Waals surface area contributed by atoms with Crippen LogP contribution in [0.15, 0.2) is 53.3 Å². The van der Waals surface area contributed by atoms with E-state index in [0.29, 0.717) is 36.0 Å². The van der Waals surface area contributed by atoms with Crippen LogP contribution < -0.4 is 14.5 Å². The van der Waals surface area contributed by atoms with E-state index in [9.17, 15) is 23.1 Å². The fourth-order valence-corrected chi connectivity index (χ4v) is 7.69. The van der Waals surface area contributed by atoms with Crippen molar-refractivity contribution >= 4 is 39.5 Å². The quantitative estimate of drug-likeness (QED) is 0.208. The minimum atomic E-state index is -4.88. The molecule has 1 N–H and O–H groups in total. The summed E-state index contributed by atoms with van der Waals surface area (Å²) in [4.78, 5) is 28.7. The summed E-state index contributed by atoms with van der Waals surface area (Å²) in [5.41, 5.74) is 2.53. The van der Waals surface area contributed by atoms with Gasteiger partial charge in [0.05, 0.1) is 37.0 Å². The van der Waals surface area contributed by atoms with Crippen LogP contribution in [0, 0.1) is 0 Å². The van der Waals surface area contributed by atoms with Crippen molar-refractivity contribution < 1.29 is 37.0 Å². The molecule has 2 saturated heterocycles. The number of aromatic nitrogens is 5. The number of ether oxygens (including phenoxy) is 2. The number of carboxylic acid groups (broad SMARTS) is 1. The smallest absolute Gasteiger partial charge is 0.451 e. The molecule has 260 valence electrons. The Bertz CT molecular complexity index is 2120. The topological polar surface area (TPSA) is 132 Å². The molecule has 2 aliphatic carbocycles. The predicted molar refractivity (Wildman–Crippen MR) is 175 cm³/mol. The van der Waals surface area contributed by atoms with Gasteiger partial charge in [0.2, 0.25) is 11.7 Å². The second-order valence-electron chi connectivity index (χ2n) is 13.8. The number of furan rings is 1. The van der Waals surface area contributed by atoms with E-state index in [1.807, 2.05) is 23.1 Å². The average Bonchev–Trinajstić information content (AvgIpc) is 3.47. The summed E-state index contributed by atoms with van der Waals surface area (Å²) in [7, 11) is 0. The lowest BCUT2D eigenvalue weighted by molar-refractivity contribution is -0.144. The van der Waals surface area contributed by atoms with E-state index in [-0.39, 0.29) is 41.5 Å². The number of nitrogens with zero attached hydrogens (tertiary/aromatic N) is 7. The molecule has 2 aliphatic heterocycles. The molecular formula is C35H34F3N7O5. The number of para-hydroxylation sites is 1. The van der Waals surface area contributed by atoms with Gasteiger partial charge in [-0.3, -0.25) is 4.68 Å². The highest BCUT2D eigenvalue weighted by Crippen LogP contribution is 2.46. The van der Waals surface area contributed by atoms with Crippen LogP contribution in [0.4, 0.5) is 24.7 Å². The first-order valence-electron chi connectivity index (χ1n) is 17.0. The zero-order valence-electron chi connectivity index (χ0n) is 27.1. The van der Waals surface area contributed by atoms with Crippen LogP contribution in [-0.2, 0) is 15.7 Å². The fraction of sp³-hybridized carbons (Fsp3) is 0.457. The van der Waals surface area contributed by atoms with Gasteiger partial charge in [0.1, 0.15) is 28.9 Å². The number of fused-ring (bicyclic) bond motifs is 3. The first-order valence-corrected chi connectivity index (χ1v) is 17.0. The van der Waals surface area contributed by atoms with Gasteiger partial charge in [0.15, 0.2) is 11.4 Å². The Morgan fingerprint density at radius 1 is 1.10 bits per heavy atom. The number of hydrogen-bond donors (Lipinski definition) is 1. The Hall–Kier alpha value is -4.92. The number of pyridine rings is 1. The maximum absolute atomic E-state index is 14.1. The molecule has 4 fully saturated rings. The molecule has 3 atom stereocenters. The lowest BCUT2D eigenvalue weighted by Crippen LogP contribution is -2.62. The summed E-state index contributed by atoms with van der Waals surface area (Å²) >= 11 is 0. The Morgan fingerprint density at radius 3 is 2.66 bits per heavy atom. The van der Waals surface area contributed by atoms with Gasteiger partial charge in [-0.1, -0.05) is 12.1 Å². The number of alkyl halides is 3. The van der Waals surface area contributed by atoms with Gasteiger partial charge < -0.3 is 28.8 Å². The van der Waals surface area contributed by atoms with Gasteiger partial charge in [-0.2, -0.15) is 18.3 Å². The number of carboxylic acids is 1. The van der Waals surface area contributed by atoms with E-state index in [1.165, 1.54) is 4.90 Å². The van der Waals surface area contributed by atoms with Crippen molar-refractivity contribution in [1.29, 1.82) is 0 Å². The average molecular weight is 690 g/mol. The molecule has 0 radical (unpaired) electrons. The summed E-state index contributed by atoms with van der Waals surface area (Å²) in [6, 6.07) is 7.82. The van der Waals surface area contributed by atoms with Crippen molar-refractivity contribution in [3.05, 3.63) is 54.7 Å². The molecule has 6 heterocycles. The molecule has 12 nitrogen and oxygen atoms in total. The zero-order valence-corrected chi connectivity index (χ0v) is 27.1. The monoisotopic (exact) mass is 689 g/mol. The van der Waals surface area contributed by atoms with Crippen molar-refractivity contribution in [3.63, 3.8) is 0 Å². The molecule has 1 aromatic carbocycles. The molecule has 4 aliphatic rings. The summed E-state index contributed by atoms with van der Waals surface area (Å²) in [5, 5.41) is 15.3. The molecule has 0 unspecified atom stereocenters. The minimum Gasteiger partial charge on any atom is -0.480 e. The van der Waals surface area contributed by atoms with E-state index in [4.69, 9.17) is 18.9 Å². The number of hydrogen-bond acceptors (Lipinski definition) is 10. The van der Waals surface area contributed by atoms with Crippen molar-refractivity contribution in [3.8, 4) is 17.0 Å². The third-order valence-electron chi connectivity index (χ3n) is 10.7. The predicted octanol–water partition coefficient (Wildman–Crippen LogP) is 6.25. The van der Waals surface area contributed by atoms with Crippen molar-refractivity contribution in [2.24, 2.45) is 0 Å². The highest BCUT2D eigenvalue weighted by molar-refractivity contribution is 6.06. The largest absolute Gasteiger partial charge is 0.480 e. The van der Waals surface area contributed by atoms with Crippen LogP contribution >= 0.6 is 0 Å². The fourth-order valence-electron chi connectivity index (χ4n) is 7.69. The lowest BCUT2D eigenvalue weighted by atomic mass is 9.73. The van der Waals surface area contributed by atoms with Crippen LogP contribution in [0.2, 0.25) is 0 Å². The molecule has 0 bridgehead atoms. The van der Waals surface area contributed by atoms with Gasteiger partial charge >= 0.3 is 12.1 Å². The van der Waals surface area contributed by atoms with E-state index >= 15 is 0 Å². The van der Waals surface area contributed by atoms with Crippen molar-refractivity contribution in [2.45, 2.75) is 81.5 Å². The van der Waals surface area contributed by atoms with E-state index in [0.717, 1.165) is 48.9 Å². The molecule has 1 spiro atoms. The van der Waals surface area contributed by atoms with Crippen LogP contribution in [0.5, 0.6) is 5.88 Å². The van der Waals surface area contributed by atoms with Gasteiger partial charge in [-0.05, 0) is 57.2 Å². The molecule has 4 aromatic heterocycles. The molecule has 2 saturated carbocycles. The number of halogens is 3. The molecule has 0 amide bonds. The van der Waals surface area contributed by atoms with Crippen LogP contribution in [0.3, 0.4) is 0 Å².